The summed E-state index contributed by atoms with van der Waals surface area (Å²) in [6.07, 6.45) is 6.92. The van der Waals surface area contributed by atoms with Gasteiger partial charge in [-0.25, -0.2) is 0 Å². The van der Waals surface area contributed by atoms with Crippen LogP contribution in [-0.4, -0.2) is 5.78 Å². The molecule has 0 amide bonds. The van der Waals surface area contributed by atoms with Crippen LogP contribution in [0.4, 0.5) is 0 Å². The highest BCUT2D eigenvalue weighted by atomic mass is 16.1. The Hall–Kier alpha value is -0.330. The monoisotopic (exact) mass is 152 g/mol. The maximum atomic E-state index is 11.2. The summed E-state index contributed by atoms with van der Waals surface area (Å²) in [4.78, 5) is 11.2. The summed E-state index contributed by atoms with van der Waals surface area (Å²) in [6, 6.07) is 0. The fourth-order valence-electron chi connectivity index (χ4n) is 2.45. The molecule has 0 aromatic rings. The van der Waals surface area contributed by atoms with Crippen LogP contribution >= 0.6 is 0 Å². The van der Waals surface area contributed by atoms with Crippen molar-refractivity contribution in [1.29, 1.82) is 0 Å². The second kappa shape index (κ2) is 2.33. The van der Waals surface area contributed by atoms with Gasteiger partial charge in [-0.3, -0.25) is 4.79 Å². The Bertz CT molecular complexity index is 181. The van der Waals surface area contributed by atoms with Crippen LogP contribution in [0.2, 0.25) is 0 Å². The molecule has 0 spiro atoms. The predicted molar refractivity (Wildman–Crippen MR) is 44.3 cm³/mol. The van der Waals surface area contributed by atoms with Crippen molar-refractivity contribution in [3.63, 3.8) is 0 Å². The first-order chi connectivity index (χ1) is 5.21. The molecule has 2 aliphatic rings. The van der Waals surface area contributed by atoms with Gasteiger partial charge in [-0.05, 0) is 37.0 Å². The van der Waals surface area contributed by atoms with Gasteiger partial charge in [0.05, 0.1) is 0 Å². The molecule has 0 N–H and O–H groups in total. The molecule has 2 fully saturated rings. The lowest BCUT2D eigenvalue weighted by molar-refractivity contribution is -0.123. The number of rotatable bonds is 1. The fraction of sp³-hybridized carbons (Fsp3) is 0.900. The highest BCUT2D eigenvalue weighted by molar-refractivity contribution is 5.79. The van der Waals surface area contributed by atoms with Crippen LogP contribution in [-0.2, 0) is 4.79 Å². The van der Waals surface area contributed by atoms with Crippen molar-refractivity contribution in [2.45, 2.75) is 45.4 Å². The molecule has 0 heterocycles. The highest BCUT2D eigenvalue weighted by Gasteiger charge is 2.43. The van der Waals surface area contributed by atoms with Gasteiger partial charge in [-0.15, -0.1) is 0 Å². The van der Waals surface area contributed by atoms with Crippen molar-refractivity contribution in [3.8, 4) is 0 Å². The van der Waals surface area contributed by atoms with E-state index in [1.54, 1.807) is 0 Å². The third-order valence-electron chi connectivity index (χ3n) is 3.37. The summed E-state index contributed by atoms with van der Waals surface area (Å²) in [5, 5.41) is 0. The minimum Gasteiger partial charge on any atom is -0.300 e. The lowest BCUT2D eigenvalue weighted by atomic mass is 9.72. The molecule has 2 rings (SSSR count). The van der Waals surface area contributed by atoms with Gasteiger partial charge in [0.2, 0.25) is 0 Å². The fourth-order valence-corrected chi connectivity index (χ4v) is 2.45. The van der Waals surface area contributed by atoms with E-state index in [-0.39, 0.29) is 0 Å². The van der Waals surface area contributed by atoms with Crippen molar-refractivity contribution >= 4 is 5.78 Å². The Balaban J connectivity index is 2.04. The maximum absolute atomic E-state index is 11.2. The van der Waals surface area contributed by atoms with Crippen LogP contribution < -0.4 is 0 Å². The lowest BCUT2D eigenvalue weighted by Gasteiger charge is -2.32. The van der Waals surface area contributed by atoms with Crippen molar-refractivity contribution in [2.75, 3.05) is 0 Å². The second-order valence-corrected chi connectivity index (χ2v) is 4.50. The predicted octanol–water partition coefficient (Wildman–Crippen LogP) is 2.55. The molecule has 0 aromatic carbocycles. The molecule has 0 aliphatic heterocycles. The van der Waals surface area contributed by atoms with E-state index < -0.39 is 0 Å². The molecule has 0 bridgehead atoms. The van der Waals surface area contributed by atoms with Gasteiger partial charge in [0.25, 0.3) is 0 Å². The minimum atomic E-state index is 0.412. The molecular formula is C10H16O. The summed E-state index contributed by atoms with van der Waals surface area (Å²) in [7, 11) is 0. The standard InChI is InChI=1S/C10H16O/c1-10(8-4-5-8)6-2-3-9(11)7-10/h8H,2-7H2,1H3. The smallest absolute Gasteiger partial charge is 0.133 e. The van der Waals surface area contributed by atoms with Crippen molar-refractivity contribution in [3.05, 3.63) is 0 Å². The lowest BCUT2D eigenvalue weighted by Crippen LogP contribution is -2.27. The van der Waals surface area contributed by atoms with Crippen molar-refractivity contribution in [2.24, 2.45) is 11.3 Å². The normalized spacial score (nSPS) is 39.2. The van der Waals surface area contributed by atoms with E-state index in [0.29, 0.717) is 11.2 Å². The van der Waals surface area contributed by atoms with Gasteiger partial charge in [0.1, 0.15) is 5.78 Å². The number of Topliss-reactive ketones (excluding diaryl/α,β-unsaturated/α-hetero) is 1. The molecule has 0 radical (unpaired) electrons. The van der Waals surface area contributed by atoms with E-state index in [9.17, 15) is 4.79 Å². The van der Waals surface area contributed by atoms with Gasteiger partial charge in [0, 0.05) is 12.8 Å². The van der Waals surface area contributed by atoms with Crippen LogP contribution in [0.1, 0.15) is 45.4 Å². The van der Waals surface area contributed by atoms with Gasteiger partial charge < -0.3 is 0 Å². The van der Waals surface area contributed by atoms with Crippen LogP contribution in [0, 0.1) is 11.3 Å². The molecule has 1 unspecified atom stereocenters. The van der Waals surface area contributed by atoms with Crippen LogP contribution in [0.15, 0.2) is 0 Å². The average Bonchev–Trinajstić information content (AvgIpc) is 2.66. The summed E-state index contributed by atoms with van der Waals surface area (Å²) in [5.41, 5.74) is 0.412. The van der Waals surface area contributed by atoms with E-state index in [0.717, 1.165) is 25.2 Å². The Morgan fingerprint density at radius 3 is 2.73 bits per heavy atom. The third-order valence-corrected chi connectivity index (χ3v) is 3.37. The van der Waals surface area contributed by atoms with E-state index in [1.807, 2.05) is 0 Å². The van der Waals surface area contributed by atoms with E-state index in [1.165, 1.54) is 19.3 Å². The van der Waals surface area contributed by atoms with Gasteiger partial charge in [-0.1, -0.05) is 6.92 Å². The maximum Gasteiger partial charge on any atom is 0.133 e. The number of ketones is 1. The van der Waals surface area contributed by atoms with Crippen LogP contribution in [0.25, 0.3) is 0 Å². The zero-order chi connectivity index (χ0) is 7.90. The Morgan fingerprint density at radius 1 is 1.45 bits per heavy atom. The topological polar surface area (TPSA) is 17.1 Å². The molecule has 0 aromatic heterocycles. The number of carbonyl (C=O) groups is 1. The zero-order valence-electron chi connectivity index (χ0n) is 7.23. The van der Waals surface area contributed by atoms with E-state index in [4.69, 9.17) is 0 Å². The molecule has 62 valence electrons. The summed E-state index contributed by atoms with van der Waals surface area (Å²) < 4.78 is 0. The number of hydrogen-bond donors (Lipinski definition) is 0. The molecule has 0 saturated heterocycles. The molecule has 2 aliphatic carbocycles. The average molecular weight is 152 g/mol. The van der Waals surface area contributed by atoms with Crippen LogP contribution in [0.5, 0.6) is 0 Å². The van der Waals surface area contributed by atoms with Gasteiger partial charge in [0.15, 0.2) is 0 Å². The molecule has 1 atom stereocenters. The quantitative estimate of drug-likeness (QED) is 0.564. The molecule has 11 heavy (non-hydrogen) atoms. The third kappa shape index (κ3) is 1.33. The van der Waals surface area contributed by atoms with E-state index in [2.05, 4.69) is 6.92 Å². The van der Waals surface area contributed by atoms with Gasteiger partial charge >= 0.3 is 0 Å². The Labute approximate surface area is 68.2 Å². The summed E-state index contributed by atoms with van der Waals surface area (Å²) in [6.45, 7) is 2.31. The van der Waals surface area contributed by atoms with Crippen LogP contribution in [0.3, 0.4) is 0 Å². The molecule has 1 nitrogen and oxygen atoms in total. The Morgan fingerprint density at radius 2 is 2.18 bits per heavy atom. The minimum absolute atomic E-state index is 0.412. The highest BCUT2D eigenvalue weighted by Crippen LogP contribution is 2.52. The molecule has 2 saturated carbocycles. The van der Waals surface area contributed by atoms with Crippen molar-refractivity contribution < 1.29 is 4.79 Å². The van der Waals surface area contributed by atoms with E-state index >= 15 is 0 Å². The first-order valence-electron chi connectivity index (χ1n) is 4.72. The SMILES string of the molecule is CC1(C2CC2)CCCC(=O)C1. The number of hydrogen-bond acceptors (Lipinski definition) is 1. The first-order valence-corrected chi connectivity index (χ1v) is 4.72. The van der Waals surface area contributed by atoms with Gasteiger partial charge in [-0.2, -0.15) is 0 Å². The second-order valence-electron chi connectivity index (χ2n) is 4.50. The first kappa shape index (κ1) is 7.33. The summed E-state index contributed by atoms with van der Waals surface area (Å²) in [5.74, 6) is 1.40. The molecule has 1 heteroatoms. The van der Waals surface area contributed by atoms with Crippen molar-refractivity contribution in [1.82, 2.24) is 0 Å². The zero-order valence-corrected chi connectivity index (χ0v) is 7.23. The summed E-state index contributed by atoms with van der Waals surface area (Å²) >= 11 is 0. The number of carbonyl (C=O) groups excluding carboxylic acids is 1. The Kier molecular flexibility index (Phi) is 1.55. The largest absolute Gasteiger partial charge is 0.300 e. The molecular weight excluding hydrogens is 136 g/mol.